The van der Waals surface area contributed by atoms with Crippen molar-refractivity contribution in [2.45, 2.75) is 44.6 Å². The van der Waals surface area contributed by atoms with Crippen LogP contribution in [0.4, 0.5) is 0 Å². The molecule has 0 aromatic heterocycles. The number of carbonyl (C=O) groups is 2. The van der Waals surface area contributed by atoms with Crippen LogP contribution in [0.25, 0.3) is 0 Å². The van der Waals surface area contributed by atoms with Crippen LogP contribution in [0.1, 0.15) is 44.6 Å². The normalized spacial score (nSPS) is 21.4. The molecule has 26 heavy (non-hydrogen) atoms. The molecule has 1 unspecified atom stereocenters. The van der Waals surface area contributed by atoms with Crippen LogP contribution in [0.5, 0.6) is 5.75 Å². The van der Waals surface area contributed by atoms with E-state index in [2.05, 4.69) is 24.0 Å². The summed E-state index contributed by atoms with van der Waals surface area (Å²) in [5.74, 6) is 0.670. The number of rotatable bonds is 6. The summed E-state index contributed by atoms with van der Waals surface area (Å²) in [6.07, 6.45) is 6.02. The molecule has 5 nitrogen and oxygen atoms in total. The molecule has 0 bridgehead atoms. The lowest BCUT2D eigenvalue weighted by molar-refractivity contribution is -0.134. The summed E-state index contributed by atoms with van der Waals surface area (Å²) < 4.78 is 5.51. The predicted octanol–water partition coefficient (Wildman–Crippen LogP) is 3.01. The first kappa shape index (κ1) is 18.5. The molecule has 1 atom stereocenters. The largest absolute Gasteiger partial charge is 0.494 e. The topological polar surface area (TPSA) is 58.6 Å². The molecule has 3 rings (SSSR count). The van der Waals surface area contributed by atoms with Crippen molar-refractivity contribution >= 4 is 11.8 Å². The second kappa shape index (κ2) is 7.94. The first-order valence-corrected chi connectivity index (χ1v) is 9.54. The molecule has 2 aliphatic rings. The van der Waals surface area contributed by atoms with E-state index in [0.717, 1.165) is 43.4 Å². The van der Waals surface area contributed by atoms with Gasteiger partial charge in [0, 0.05) is 13.1 Å². The van der Waals surface area contributed by atoms with Crippen molar-refractivity contribution in [3.8, 4) is 5.75 Å². The molecule has 2 fully saturated rings. The smallest absolute Gasteiger partial charge is 0.245 e. The first-order chi connectivity index (χ1) is 12.6. The van der Waals surface area contributed by atoms with E-state index in [1.807, 2.05) is 19.1 Å². The zero-order chi connectivity index (χ0) is 18.6. The molecule has 1 heterocycles. The summed E-state index contributed by atoms with van der Waals surface area (Å²) in [4.78, 5) is 26.5. The van der Waals surface area contributed by atoms with Crippen molar-refractivity contribution in [2.75, 3.05) is 19.7 Å². The summed E-state index contributed by atoms with van der Waals surface area (Å²) in [7, 11) is 0. The van der Waals surface area contributed by atoms with Crippen molar-refractivity contribution < 1.29 is 14.3 Å². The summed E-state index contributed by atoms with van der Waals surface area (Å²) in [5, 5.41) is 3.30. The van der Waals surface area contributed by atoms with E-state index in [1.54, 1.807) is 4.90 Å². The zero-order valence-corrected chi connectivity index (χ0v) is 15.5. The van der Waals surface area contributed by atoms with Crippen LogP contribution in [0, 0.1) is 5.92 Å². The highest BCUT2D eigenvalue weighted by Gasteiger charge is 2.41. The number of likely N-dealkylation sites (tertiary alicyclic amines) is 1. The second-order valence-electron chi connectivity index (χ2n) is 7.21. The minimum atomic E-state index is -0.271. The Morgan fingerprint density at radius 1 is 1.31 bits per heavy atom. The van der Waals surface area contributed by atoms with Crippen LogP contribution in [0.2, 0.25) is 0 Å². The number of hydrogen-bond donors (Lipinski definition) is 1. The van der Waals surface area contributed by atoms with Crippen LogP contribution in [0.3, 0.4) is 0 Å². The van der Waals surface area contributed by atoms with Crippen LogP contribution < -0.4 is 10.1 Å². The van der Waals surface area contributed by atoms with Crippen molar-refractivity contribution in [1.82, 2.24) is 10.2 Å². The van der Waals surface area contributed by atoms with Crippen molar-refractivity contribution in [2.24, 2.45) is 5.92 Å². The Balaban J connectivity index is 1.68. The van der Waals surface area contributed by atoms with E-state index in [0.29, 0.717) is 19.7 Å². The highest BCUT2D eigenvalue weighted by molar-refractivity contribution is 5.88. The molecule has 2 amide bonds. The Labute approximate surface area is 155 Å². The van der Waals surface area contributed by atoms with Crippen molar-refractivity contribution in [3.63, 3.8) is 0 Å². The van der Waals surface area contributed by atoms with E-state index in [-0.39, 0.29) is 23.3 Å². The fourth-order valence-electron chi connectivity index (χ4n) is 3.91. The van der Waals surface area contributed by atoms with Gasteiger partial charge in [-0.05, 0) is 62.8 Å². The van der Waals surface area contributed by atoms with Crippen LogP contribution in [-0.4, -0.2) is 36.4 Å². The predicted molar refractivity (Wildman–Crippen MR) is 101 cm³/mol. The molecular weight excluding hydrogens is 328 g/mol. The SMILES string of the molecule is C=CC(=O)N1CCCC(C(=O)NC2(c3ccc(OCC)cc3)CCC2)C1. The van der Waals surface area contributed by atoms with E-state index in [4.69, 9.17) is 4.74 Å². The molecular formula is C21H28N2O3. The Hall–Kier alpha value is -2.30. The molecule has 1 aromatic carbocycles. The van der Waals surface area contributed by atoms with Gasteiger partial charge in [0.25, 0.3) is 0 Å². The minimum absolute atomic E-state index is 0.0557. The van der Waals surface area contributed by atoms with Gasteiger partial charge in [0.15, 0.2) is 0 Å². The van der Waals surface area contributed by atoms with Gasteiger partial charge < -0.3 is 15.0 Å². The summed E-state index contributed by atoms with van der Waals surface area (Å²) in [6.45, 7) is 7.34. The van der Waals surface area contributed by atoms with Gasteiger partial charge in [-0.3, -0.25) is 9.59 Å². The average molecular weight is 356 g/mol. The third kappa shape index (κ3) is 3.76. The first-order valence-electron chi connectivity index (χ1n) is 9.54. The second-order valence-corrected chi connectivity index (χ2v) is 7.21. The molecule has 1 aliphatic heterocycles. The quantitative estimate of drug-likeness (QED) is 0.797. The lowest BCUT2D eigenvalue weighted by Gasteiger charge is -2.44. The molecule has 0 radical (unpaired) electrons. The molecule has 1 aromatic rings. The van der Waals surface area contributed by atoms with Gasteiger partial charge in [0.05, 0.1) is 18.1 Å². The number of hydrogen-bond acceptors (Lipinski definition) is 3. The Morgan fingerprint density at radius 2 is 2.04 bits per heavy atom. The van der Waals surface area contributed by atoms with Gasteiger partial charge in [-0.2, -0.15) is 0 Å². The third-order valence-electron chi connectivity index (χ3n) is 5.57. The lowest BCUT2D eigenvalue weighted by Crippen LogP contribution is -2.54. The monoisotopic (exact) mass is 356 g/mol. The van der Waals surface area contributed by atoms with Crippen LogP contribution >= 0.6 is 0 Å². The van der Waals surface area contributed by atoms with E-state index in [9.17, 15) is 9.59 Å². The van der Waals surface area contributed by atoms with Gasteiger partial charge in [0.1, 0.15) is 5.75 Å². The number of piperidine rings is 1. The summed E-state index contributed by atoms with van der Waals surface area (Å²) >= 11 is 0. The molecule has 1 aliphatic carbocycles. The number of nitrogens with zero attached hydrogens (tertiary/aromatic N) is 1. The van der Waals surface area contributed by atoms with Gasteiger partial charge >= 0.3 is 0 Å². The lowest BCUT2D eigenvalue weighted by atomic mass is 9.71. The standard InChI is InChI=1S/C21H28N2O3/c1-3-19(24)23-14-5-7-16(15-23)20(25)22-21(12-6-13-21)17-8-10-18(11-9-17)26-4-2/h3,8-11,16H,1,4-7,12-15H2,2H3,(H,22,25). The number of carbonyl (C=O) groups excluding carboxylic acids is 2. The number of nitrogens with one attached hydrogen (secondary N) is 1. The van der Waals surface area contributed by atoms with E-state index in [1.165, 1.54) is 6.08 Å². The Bertz CT molecular complexity index is 664. The van der Waals surface area contributed by atoms with E-state index < -0.39 is 0 Å². The molecule has 0 spiro atoms. The Morgan fingerprint density at radius 3 is 2.62 bits per heavy atom. The maximum Gasteiger partial charge on any atom is 0.245 e. The fraction of sp³-hybridized carbons (Fsp3) is 0.524. The highest BCUT2D eigenvalue weighted by Crippen LogP contribution is 2.42. The molecule has 140 valence electrons. The van der Waals surface area contributed by atoms with Crippen LogP contribution in [-0.2, 0) is 15.1 Å². The summed E-state index contributed by atoms with van der Waals surface area (Å²) in [5.41, 5.74) is 0.863. The number of benzene rings is 1. The fourth-order valence-corrected chi connectivity index (χ4v) is 3.91. The Kier molecular flexibility index (Phi) is 5.64. The van der Waals surface area contributed by atoms with Gasteiger partial charge in [-0.25, -0.2) is 0 Å². The summed E-state index contributed by atoms with van der Waals surface area (Å²) in [6, 6.07) is 8.05. The maximum absolute atomic E-state index is 12.9. The van der Waals surface area contributed by atoms with Gasteiger partial charge in [0.2, 0.25) is 11.8 Å². The highest BCUT2D eigenvalue weighted by atomic mass is 16.5. The molecule has 1 saturated heterocycles. The molecule has 5 heteroatoms. The third-order valence-corrected chi connectivity index (χ3v) is 5.57. The van der Waals surface area contributed by atoms with Gasteiger partial charge in [-0.1, -0.05) is 18.7 Å². The zero-order valence-electron chi connectivity index (χ0n) is 15.5. The average Bonchev–Trinajstić information content (AvgIpc) is 2.65. The van der Waals surface area contributed by atoms with E-state index >= 15 is 0 Å². The number of ether oxygens (including phenoxy) is 1. The molecule has 1 saturated carbocycles. The minimum Gasteiger partial charge on any atom is -0.494 e. The number of amides is 2. The van der Waals surface area contributed by atoms with Crippen molar-refractivity contribution in [1.29, 1.82) is 0 Å². The van der Waals surface area contributed by atoms with Crippen molar-refractivity contribution in [3.05, 3.63) is 42.5 Å². The maximum atomic E-state index is 12.9. The molecule has 1 N–H and O–H groups in total. The van der Waals surface area contributed by atoms with Crippen LogP contribution in [0.15, 0.2) is 36.9 Å². The van der Waals surface area contributed by atoms with Gasteiger partial charge in [-0.15, -0.1) is 0 Å².